The molecule has 0 bridgehead atoms. The molecule has 17 heteroatoms. The van der Waals surface area contributed by atoms with Gasteiger partial charge in [0.15, 0.2) is 5.60 Å². The number of benzene rings is 1. The SMILES string of the molecule is [2H]C([2H])([2H])C1(S(=O)(=O)NC(=O)[C@@]23C[C@H]2/C=C\CC[C@H](C)C[C@@H](CC)[C@H](NC(=O)OC(C)(C)C(C)(F)F)C(=O)N2C[C@H](Oc4ncc(OC)c5ccccc45)C[C@H]2C(=O)N3)CC1. The summed E-state index contributed by atoms with van der Waals surface area (Å²) in [6.07, 6.45) is 4.27. The number of alkyl halides is 2. The molecule has 1 saturated heterocycles. The second kappa shape index (κ2) is 15.9. The quantitative estimate of drug-likeness (QED) is 0.263. The Morgan fingerprint density at radius 2 is 1.84 bits per heavy atom. The summed E-state index contributed by atoms with van der Waals surface area (Å²) in [4.78, 5) is 62.8. The number of methoxy groups -OCH3 is 1. The van der Waals surface area contributed by atoms with E-state index in [1.807, 2.05) is 30.7 Å². The van der Waals surface area contributed by atoms with E-state index in [1.54, 1.807) is 24.3 Å². The van der Waals surface area contributed by atoms with Crippen molar-refractivity contribution < 1.29 is 54.7 Å². The minimum absolute atomic E-state index is 0.0129. The van der Waals surface area contributed by atoms with Gasteiger partial charge in [0, 0.05) is 34.1 Å². The first-order chi connectivity index (χ1) is 28.4. The Kier molecular flexibility index (Phi) is 10.7. The van der Waals surface area contributed by atoms with Gasteiger partial charge in [0.1, 0.15) is 29.5 Å². The number of rotatable bonds is 10. The van der Waals surface area contributed by atoms with Gasteiger partial charge in [-0.05, 0) is 77.1 Å². The van der Waals surface area contributed by atoms with Gasteiger partial charge in [-0.2, -0.15) is 0 Å². The first-order valence-corrected chi connectivity index (χ1v) is 21.2. The molecule has 2 aliphatic carbocycles. The molecule has 0 radical (unpaired) electrons. The smallest absolute Gasteiger partial charge is 0.408 e. The number of halogens is 2. The maximum atomic E-state index is 15.0. The Hall–Kier alpha value is -4.54. The molecule has 2 aliphatic heterocycles. The van der Waals surface area contributed by atoms with Gasteiger partial charge in [-0.25, -0.2) is 27.0 Å². The molecule has 0 spiro atoms. The second-order valence-corrected chi connectivity index (χ2v) is 18.8. The highest BCUT2D eigenvalue weighted by Gasteiger charge is 2.63. The fourth-order valence-electron chi connectivity index (χ4n) is 7.76. The molecular weight excluding hydrogens is 777 g/mol. The van der Waals surface area contributed by atoms with Gasteiger partial charge in [-0.15, -0.1) is 0 Å². The van der Waals surface area contributed by atoms with Crippen molar-refractivity contribution in [2.24, 2.45) is 17.8 Å². The van der Waals surface area contributed by atoms with Crippen LogP contribution in [0.15, 0.2) is 42.6 Å². The van der Waals surface area contributed by atoms with E-state index in [2.05, 4.69) is 15.6 Å². The summed E-state index contributed by atoms with van der Waals surface area (Å²) < 4.78 is 96.5. The third kappa shape index (κ3) is 8.60. The van der Waals surface area contributed by atoms with Gasteiger partial charge in [0.25, 0.3) is 11.8 Å². The number of aromatic nitrogens is 1. The summed E-state index contributed by atoms with van der Waals surface area (Å²) in [5.74, 6) is -6.72. The van der Waals surface area contributed by atoms with Crippen molar-refractivity contribution in [1.82, 2.24) is 25.2 Å². The summed E-state index contributed by atoms with van der Waals surface area (Å²) in [6.45, 7) is 3.37. The fraction of sp³-hybridized carbons (Fsp3) is 0.634. The zero-order valence-corrected chi connectivity index (χ0v) is 34.4. The number of ether oxygens (including phenoxy) is 3. The van der Waals surface area contributed by atoms with Gasteiger partial charge >= 0.3 is 6.09 Å². The molecule has 7 atom stereocenters. The van der Waals surface area contributed by atoms with Crippen molar-refractivity contribution in [1.29, 1.82) is 0 Å². The van der Waals surface area contributed by atoms with Gasteiger partial charge in [-0.1, -0.05) is 50.6 Å². The Bertz CT molecular complexity index is 2180. The van der Waals surface area contributed by atoms with E-state index in [1.165, 1.54) is 18.2 Å². The summed E-state index contributed by atoms with van der Waals surface area (Å²) in [5, 5.41) is 6.57. The van der Waals surface area contributed by atoms with Crippen LogP contribution < -0.4 is 24.8 Å². The molecule has 318 valence electrons. The lowest BCUT2D eigenvalue weighted by atomic mass is 9.85. The normalized spacial score (nSPS) is 30.4. The van der Waals surface area contributed by atoms with E-state index in [0.717, 1.165) is 13.8 Å². The number of nitrogens with zero attached hydrogens (tertiary/aromatic N) is 2. The number of hydrogen-bond donors (Lipinski definition) is 3. The number of alkyl carbamates (subject to hydrolysis) is 1. The number of carbonyl (C=O) groups excluding carboxylic acids is 4. The number of pyridine rings is 1. The molecule has 1 aromatic heterocycles. The predicted octanol–water partition coefficient (Wildman–Crippen LogP) is 5.40. The Morgan fingerprint density at radius 1 is 1.14 bits per heavy atom. The fourth-order valence-corrected chi connectivity index (χ4v) is 9.02. The Labute approximate surface area is 342 Å². The van der Waals surface area contributed by atoms with Crippen LogP contribution in [0.1, 0.15) is 96.9 Å². The molecule has 4 aliphatic rings. The van der Waals surface area contributed by atoms with Gasteiger partial charge in [0.05, 0.1) is 24.6 Å². The van der Waals surface area contributed by atoms with Crippen LogP contribution in [0.2, 0.25) is 0 Å². The summed E-state index contributed by atoms with van der Waals surface area (Å²) in [7, 11) is -3.24. The van der Waals surface area contributed by atoms with E-state index in [9.17, 15) is 36.4 Å². The van der Waals surface area contributed by atoms with Crippen molar-refractivity contribution in [2.45, 2.75) is 133 Å². The van der Waals surface area contributed by atoms with Gasteiger partial charge in [0.2, 0.25) is 27.7 Å². The van der Waals surface area contributed by atoms with Crippen LogP contribution in [0, 0.1) is 17.8 Å². The van der Waals surface area contributed by atoms with E-state index in [0.29, 0.717) is 49.1 Å². The summed E-state index contributed by atoms with van der Waals surface area (Å²) in [6, 6.07) is 4.44. The molecule has 3 heterocycles. The minimum atomic E-state index is -4.74. The van der Waals surface area contributed by atoms with Crippen LogP contribution in [-0.4, -0.2) is 95.8 Å². The van der Waals surface area contributed by atoms with Gasteiger partial charge < -0.3 is 29.7 Å². The average Bonchev–Trinajstić information content (AvgIpc) is 4.09. The maximum absolute atomic E-state index is 15.0. The van der Waals surface area contributed by atoms with E-state index in [4.69, 9.17) is 18.3 Å². The molecule has 3 N–H and O–H groups in total. The lowest BCUT2D eigenvalue weighted by Gasteiger charge is -2.35. The first-order valence-electron chi connectivity index (χ1n) is 21.2. The van der Waals surface area contributed by atoms with Crippen LogP contribution >= 0.6 is 0 Å². The zero-order chi connectivity index (χ0) is 44.9. The van der Waals surface area contributed by atoms with Crippen LogP contribution in [0.3, 0.4) is 0 Å². The monoisotopic (exact) mass is 834 g/mol. The first kappa shape index (κ1) is 38.9. The highest BCUT2D eigenvalue weighted by molar-refractivity contribution is 7.91. The lowest BCUT2D eigenvalue weighted by Crippen LogP contribution is -2.60. The number of fused-ring (bicyclic) bond motifs is 3. The molecule has 1 aromatic carbocycles. The molecule has 2 aromatic rings. The van der Waals surface area contributed by atoms with Crippen LogP contribution in [0.25, 0.3) is 10.8 Å². The molecule has 0 unspecified atom stereocenters. The topological polar surface area (TPSA) is 182 Å². The molecule has 6 rings (SSSR count). The average molecular weight is 835 g/mol. The Balaban J connectivity index is 1.38. The maximum Gasteiger partial charge on any atom is 0.408 e. The van der Waals surface area contributed by atoms with E-state index >= 15 is 0 Å². The number of carbonyl (C=O) groups is 4. The number of hydrogen-bond acceptors (Lipinski definition) is 10. The molecular formula is C41H55F2N5O9S. The third-order valence-electron chi connectivity index (χ3n) is 12.1. The number of allylic oxidation sites excluding steroid dienone is 1. The predicted molar refractivity (Wildman–Crippen MR) is 211 cm³/mol. The standard InChI is InChI=1S/C41H55F2N5O9S/c1-8-25-19-24(2)13-9-10-14-26-21-41(26,36(51)47-58(53,54)39(5)17-18-39)46-33(49)30-20-27(56-34-29-16-12-11-15-28(29)31(55-7)22-44-34)23-48(30)35(50)32(25)45-37(52)57-38(3,4)40(6,42)43/h10-12,14-16,22,24-27,30,32H,8-9,13,17-21,23H2,1-7H3,(H,45,52)(H,46,49)(H,47,51)/b14-10-/t24-,25+,26+,27+,30-,32-,41+/m0/s1/i5D3. The summed E-state index contributed by atoms with van der Waals surface area (Å²) in [5.41, 5.74) is -4.07. The van der Waals surface area contributed by atoms with Crippen molar-refractivity contribution in [3.63, 3.8) is 0 Å². The van der Waals surface area contributed by atoms with Crippen molar-refractivity contribution in [3.05, 3.63) is 42.6 Å². The molecule has 58 heavy (non-hydrogen) atoms. The van der Waals surface area contributed by atoms with Crippen molar-refractivity contribution >= 4 is 44.6 Å². The highest BCUT2D eigenvalue weighted by atomic mass is 32.2. The molecule has 3 fully saturated rings. The number of sulfonamides is 1. The minimum Gasteiger partial charge on any atom is -0.494 e. The highest BCUT2D eigenvalue weighted by Crippen LogP contribution is 2.48. The second-order valence-electron chi connectivity index (χ2n) is 16.8. The number of amides is 4. The van der Waals surface area contributed by atoms with Crippen molar-refractivity contribution in [2.75, 3.05) is 13.7 Å². The number of nitrogens with one attached hydrogen (secondary N) is 3. The largest absolute Gasteiger partial charge is 0.494 e. The molecule has 2 saturated carbocycles. The van der Waals surface area contributed by atoms with Crippen LogP contribution in [-0.2, 0) is 29.1 Å². The molecule has 4 amide bonds. The lowest BCUT2D eigenvalue weighted by molar-refractivity contribution is -0.152. The van der Waals surface area contributed by atoms with Gasteiger partial charge in [-0.3, -0.25) is 19.1 Å². The van der Waals surface area contributed by atoms with Crippen LogP contribution in [0.5, 0.6) is 11.6 Å². The van der Waals surface area contributed by atoms with E-state index < -0.39 is 92.5 Å². The summed E-state index contributed by atoms with van der Waals surface area (Å²) >= 11 is 0. The van der Waals surface area contributed by atoms with Crippen molar-refractivity contribution in [3.8, 4) is 11.6 Å². The van der Waals surface area contributed by atoms with Crippen LogP contribution in [0.4, 0.5) is 13.6 Å². The third-order valence-corrected chi connectivity index (χ3v) is 14.0. The van der Waals surface area contributed by atoms with E-state index in [-0.39, 0.29) is 44.0 Å². The zero-order valence-electron chi connectivity index (χ0n) is 36.6. The Morgan fingerprint density at radius 3 is 2.48 bits per heavy atom. The molecule has 14 nitrogen and oxygen atoms in total.